The molecule has 0 fully saturated rings. The molecular formula is C13H16O. The van der Waals surface area contributed by atoms with Crippen molar-refractivity contribution in [3.05, 3.63) is 48.0 Å². The molecule has 1 aromatic carbocycles. The molecule has 1 unspecified atom stereocenters. The first-order valence-corrected chi connectivity index (χ1v) is 4.85. The van der Waals surface area contributed by atoms with Crippen molar-refractivity contribution in [2.45, 2.75) is 25.7 Å². The summed E-state index contributed by atoms with van der Waals surface area (Å²) in [6.45, 7) is 7.67. The number of carbonyl (C=O) groups is 1. The zero-order chi connectivity index (χ0) is 10.6. The lowest BCUT2D eigenvalue weighted by Gasteiger charge is -2.18. The maximum atomic E-state index is 10.9. The fraction of sp³-hybridized carbons (Fsp3) is 0.308. The summed E-state index contributed by atoms with van der Waals surface area (Å²) in [5, 5.41) is 0. The van der Waals surface area contributed by atoms with E-state index < -0.39 is 5.41 Å². The van der Waals surface area contributed by atoms with E-state index in [9.17, 15) is 4.79 Å². The molecule has 0 aliphatic rings. The lowest BCUT2D eigenvalue weighted by molar-refractivity contribution is -0.110. The highest BCUT2D eigenvalue weighted by molar-refractivity contribution is 5.71. The van der Waals surface area contributed by atoms with Crippen molar-refractivity contribution in [2.24, 2.45) is 0 Å². The monoisotopic (exact) mass is 188 g/mol. The Labute approximate surface area is 85.5 Å². The average molecular weight is 188 g/mol. The molecule has 0 spiro atoms. The predicted octanol–water partition coefficient (Wildman–Crippen LogP) is 2.89. The fourth-order valence-corrected chi connectivity index (χ4v) is 1.33. The van der Waals surface area contributed by atoms with Crippen LogP contribution in [0.4, 0.5) is 0 Å². The van der Waals surface area contributed by atoms with Gasteiger partial charge in [-0.2, -0.15) is 0 Å². The van der Waals surface area contributed by atoms with Crippen LogP contribution in [0.15, 0.2) is 36.9 Å². The molecule has 0 saturated carbocycles. The maximum absolute atomic E-state index is 10.9. The van der Waals surface area contributed by atoms with Crippen LogP contribution in [0.2, 0.25) is 0 Å². The van der Waals surface area contributed by atoms with Crippen LogP contribution in [-0.4, -0.2) is 6.29 Å². The molecule has 0 bridgehead atoms. The number of benzene rings is 1. The van der Waals surface area contributed by atoms with Crippen molar-refractivity contribution < 1.29 is 4.79 Å². The molecule has 0 saturated heterocycles. The highest BCUT2D eigenvalue weighted by Gasteiger charge is 2.21. The Hall–Kier alpha value is -1.37. The lowest BCUT2D eigenvalue weighted by atomic mass is 9.84. The van der Waals surface area contributed by atoms with E-state index in [1.807, 2.05) is 19.1 Å². The summed E-state index contributed by atoms with van der Waals surface area (Å²) in [6.07, 6.45) is 3.63. The Balaban J connectivity index is 3.07. The quantitative estimate of drug-likeness (QED) is 0.524. The highest BCUT2D eigenvalue weighted by atomic mass is 16.1. The molecule has 1 rings (SSSR count). The van der Waals surface area contributed by atoms with E-state index in [0.29, 0.717) is 0 Å². The molecule has 0 aliphatic heterocycles. The van der Waals surface area contributed by atoms with E-state index in [0.717, 1.165) is 18.3 Å². The molecule has 1 atom stereocenters. The number of aryl methyl sites for hydroxylation is 1. The van der Waals surface area contributed by atoms with E-state index in [-0.39, 0.29) is 0 Å². The van der Waals surface area contributed by atoms with Crippen molar-refractivity contribution in [3.8, 4) is 0 Å². The van der Waals surface area contributed by atoms with Gasteiger partial charge in [-0.05, 0) is 24.5 Å². The third-order valence-electron chi connectivity index (χ3n) is 2.65. The zero-order valence-corrected chi connectivity index (χ0v) is 8.79. The topological polar surface area (TPSA) is 17.1 Å². The Morgan fingerprint density at radius 2 is 1.93 bits per heavy atom. The van der Waals surface area contributed by atoms with Crippen molar-refractivity contribution in [1.29, 1.82) is 0 Å². The summed E-state index contributed by atoms with van der Waals surface area (Å²) in [5.74, 6) is 0. The molecule has 0 aromatic heterocycles. The van der Waals surface area contributed by atoms with Crippen LogP contribution in [0.3, 0.4) is 0 Å². The van der Waals surface area contributed by atoms with Crippen molar-refractivity contribution in [3.63, 3.8) is 0 Å². The summed E-state index contributed by atoms with van der Waals surface area (Å²) in [4.78, 5) is 10.9. The minimum Gasteiger partial charge on any atom is -0.302 e. The molecule has 0 amide bonds. The van der Waals surface area contributed by atoms with E-state index in [4.69, 9.17) is 0 Å². The number of aldehydes is 1. The van der Waals surface area contributed by atoms with Gasteiger partial charge >= 0.3 is 0 Å². The molecular weight excluding hydrogens is 172 g/mol. The van der Waals surface area contributed by atoms with Gasteiger partial charge in [-0.1, -0.05) is 37.3 Å². The predicted molar refractivity (Wildman–Crippen MR) is 59.4 cm³/mol. The third-order valence-corrected chi connectivity index (χ3v) is 2.65. The van der Waals surface area contributed by atoms with Crippen molar-refractivity contribution in [1.82, 2.24) is 0 Å². The van der Waals surface area contributed by atoms with Gasteiger partial charge in [0.2, 0.25) is 0 Å². The largest absolute Gasteiger partial charge is 0.302 e. The summed E-state index contributed by atoms with van der Waals surface area (Å²) >= 11 is 0. The Morgan fingerprint density at radius 3 is 2.29 bits per heavy atom. The molecule has 14 heavy (non-hydrogen) atoms. The van der Waals surface area contributed by atoms with E-state index >= 15 is 0 Å². The molecule has 0 N–H and O–H groups in total. The smallest absolute Gasteiger partial charge is 0.134 e. The van der Waals surface area contributed by atoms with Gasteiger partial charge in [0.25, 0.3) is 0 Å². The molecule has 74 valence electrons. The number of rotatable bonds is 4. The number of carbonyl (C=O) groups excluding carboxylic acids is 1. The van der Waals surface area contributed by atoms with Crippen LogP contribution in [0.1, 0.15) is 25.0 Å². The van der Waals surface area contributed by atoms with Crippen molar-refractivity contribution >= 4 is 6.29 Å². The Morgan fingerprint density at radius 1 is 1.36 bits per heavy atom. The number of hydrogen-bond donors (Lipinski definition) is 0. The SMILES string of the molecule is C=CC(C)(C=O)c1ccc(CC)cc1. The first kappa shape index (κ1) is 10.7. The molecule has 1 aromatic rings. The highest BCUT2D eigenvalue weighted by Crippen LogP contribution is 2.22. The van der Waals surface area contributed by atoms with Gasteiger partial charge in [0, 0.05) is 0 Å². The van der Waals surface area contributed by atoms with Crippen LogP contribution in [0, 0.1) is 0 Å². The molecule has 1 nitrogen and oxygen atoms in total. The second-order valence-corrected chi connectivity index (χ2v) is 3.66. The van der Waals surface area contributed by atoms with Gasteiger partial charge in [-0.3, -0.25) is 0 Å². The van der Waals surface area contributed by atoms with Gasteiger partial charge < -0.3 is 4.79 Å². The van der Waals surface area contributed by atoms with E-state index in [1.54, 1.807) is 6.08 Å². The average Bonchev–Trinajstić information content (AvgIpc) is 2.28. The fourth-order valence-electron chi connectivity index (χ4n) is 1.33. The molecule has 0 radical (unpaired) electrons. The Kier molecular flexibility index (Phi) is 3.23. The van der Waals surface area contributed by atoms with Crippen LogP contribution < -0.4 is 0 Å². The van der Waals surface area contributed by atoms with Crippen LogP contribution in [-0.2, 0) is 16.6 Å². The van der Waals surface area contributed by atoms with Crippen LogP contribution in [0.5, 0.6) is 0 Å². The minimum atomic E-state index is -0.549. The first-order valence-electron chi connectivity index (χ1n) is 4.85. The van der Waals surface area contributed by atoms with Gasteiger partial charge in [0.05, 0.1) is 5.41 Å². The van der Waals surface area contributed by atoms with Gasteiger partial charge in [0.1, 0.15) is 6.29 Å². The lowest BCUT2D eigenvalue weighted by Crippen LogP contribution is -2.20. The maximum Gasteiger partial charge on any atom is 0.134 e. The summed E-state index contributed by atoms with van der Waals surface area (Å²) in [5.41, 5.74) is 1.73. The first-order chi connectivity index (χ1) is 6.66. The van der Waals surface area contributed by atoms with Gasteiger partial charge in [-0.15, -0.1) is 6.58 Å². The second-order valence-electron chi connectivity index (χ2n) is 3.66. The minimum absolute atomic E-state index is 0.549. The molecule has 0 aliphatic carbocycles. The van der Waals surface area contributed by atoms with Crippen LogP contribution in [0.25, 0.3) is 0 Å². The number of hydrogen-bond acceptors (Lipinski definition) is 1. The normalized spacial score (nSPS) is 14.4. The summed E-state index contributed by atoms with van der Waals surface area (Å²) in [7, 11) is 0. The summed E-state index contributed by atoms with van der Waals surface area (Å²) < 4.78 is 0. The summed E-state index contributed by atoms with van der Waals surface area (Å²) in [6, 6.07) is 8.10. The third kappa shape index (κ3) is 1.92. The van der Waals surface area contributed by atoms with Gasteiger partial charge in [-0.25, -0.2) is 0 Å². The van der Waals surface area contributed by atoms with Crippen molar-refractivity contribution in [2.75, 3.05) is 0 Å². The standard InChI is InChI=1S/C13H16O/c1-4-11-6-8-12(9-7-11)13(3,5-2)10-14/h5-10H,2,4H2,1,3H3. The molecule has 0 heterocycles. The van der Waals surface area contributed by atoms with E-state index in [2.05, 4.69) is 25.6 Å². The van der Waals surface area contributed by atoms with Gasteiger partial charge in [0.15, 0.2) is 0 Å². The number of allylic oxidation sites excluding steroid dienone is 1. The Bertz CT molecular complexity index is 314. The van der Waals surface area contributed by atoms with Crippen LogP contribution >= 0.6 is 0 Å². The zero-order valence-electron chi connectivity index (χ0n) is 8.79. The van der Waals surface area contributed by atoms with E-state index in [1.165, 1.54) is 5.56 Å². The second kappa shape index (κ2) is 4.23. The molecule has 1 heteroatoms.